The molecule has 2 N–H and O–H groups in total. The maximum atomic E-state index is 14.0. The third-order valence-electron chi connectivity index (χ3n) is 15.7. The van der Waals surface area contributed by atoms with Gasteiger partial charge in [-0.1, -0.05) is 54.5 Å². The number of anilines is 3. The second-order valence-corrected chi connectivity index (χ2v) is 23.3. The molecule has 3 fully saturated rings. The molecule has 3 aliphatic heterocycles. The summed E-state index contributed by atoms with van der Waals surface area (Å²) in [6.07, 6.45) is 9.75. The number of para-hydroxylation sites is 1. The number of hydrogen-bond donors (Lipinski definition) is 2. The molecule has 4 aromatic heterocycles. The van der Waals surface area contributed by atoms with Crippen molar-refractivity contribution in [3.8, 4) is 16.9 Å². The molecule has 400 valence electrons. The van der Waals surface area contributed by atoms with E-state index in [-0.39, 0.29) is 29.5 Å². The van der Waals surface area contributed by atoms with Crippen molar-refractivity contribution in [1.29, 1.82) is 0 Å². The van der Waals surface area contributed by atoms with E-state index in [4.69, 9.17) is 19.4 Å². The van der Waals surface area contributed by atoms with Gasteiger partial charge in [0.15, 0.2) is 16.5 Å². The van der Waals surface area contributed by atoms with Gasteiger partial charge in [-0.15, -0.1) is 0 Å². The highest BCUT2D eigenvalue weighted by Crippen LogP contribution is 2.37. The highest BCUT2D eigenvalue weighted by molar-refractivity contribution is 7.22. The number of pyridine rings is 2. The molecule has 2 saturated heterocycles. The van der Waals surface area contributed by atoms with E-state index in [9.17, 15) is 19.2 Å². The Balaban J connectivity index is 0.661. The third-order valence-corrected chi connectivity index (χ3v) is 16.7. The van der Waals surface area contributed by atoms with E-state index in [2.05, 4.69) is 54.5 Å². The van der Waals surface area contributed by atoms with Crippen LogP contribution in [0.4, 0.5) is 16.8 Å². The summed E-state index contributed by atoms with van der Waals surface area (Å²) in [5.41, 5.74) is 7.04. The van der Waals surface area contributed by atoms with Crippen molar-refractivity contribution in [3.63, 3.8) is 0 Å². The monoisotopic (exact) mass is 1060 g/mol. The van der Waals surface area contributed by atoms with Gasteiger partial charge in [0.05, 0.1) is 27.9 Å². The number of fused-ring (bicyclic) bond motifs is 3. The number of thiazole rings is 1. The van der Waals surface area contributed by atoms with Crippen LogP contribution in [0.15, 0.2) is 84.9 Å². The first-order valence-electron chi connectivity index (χ1n) is 27.4. The van der Waals surface area contributed by atoms with Crippen LogP contribution in [0, 0.1) is 12.8 Å². The number of unbranched alkanes of at least 4 members (excludes halogenated alkanes) is 1. The number of carbonyl (C=O) groups excluding carboxylic acids is 4. The summed E-state index contributed by atoms with van der Waals surface area (Å²) < 4.78 is 15.4. The fourth-order valence-corrected chi connectivity index (χ4v) is 12.5. The Kier molecular flexibility index (Phi) is 14.8. The molecule has 1 aliphatic carbocycles. The van der Waals surface area contributed by atoms with Gasteiger partial charge in [0.25, 0.3) is 5.91 Å². The van der Waals surface area contributed by atoms with Gasteiger partial charge in [-0.3, -0.25) is 34.6 Å². The van der Waals surface area contributed by atoms with Crippen molar-refractivity contribution in [2.45, 2.75) is 116 Å². The first-order chi connectivity index (χ1) is 37.2. The number of aromatic nitrogens is 5. The Labute approximate surface area is 453 Å². The molecule has 0 radical (unpaired) electrons. The van der Waals surface area contributed by atoms with Gasteiger partial charge in [0, 0.05) is 69.3 Å². The molecule has 1 atom stereocenters. The van der Waals surface area contributed by atoms with Crippen LogP contribution in [0.5, 0.6) is 5.75 Å². The van der Waals surface area contributed by atoms with Crippen LogP contribution in [0.3, 0.4) is 0 Å². The van der Waals surface area contributed by atoms with Gasteiger partial charge >= 0.3 is 5.97 Å². The predicted octanol–water partition coefficient (Wildman–Crippen LogP) is 10.2. The minimum atomic E-state index is -0.723. The molecule has 16 nitrogen and oxygen atoms in total. The SMILES string of the molecule is Cc1cc(OC2CCC(CCCCN3CCN(c4ccc5c(C6CCC(=O)NC6=O)nn(C)c5n4)CC3)CC2)ccc1-c1ccc(N2CCc3cccc(C(=O)Nc4nc5ccccc5s4)c3C2)nc1C(=O)OC(C)(C)C. The fourth-order valence-electron chi connectivity index (χ4n) is 11.7. The Morgan fingerprint density at radius 3 is 2.36 bits per heavy atom. The van der Waals surface area contributed by atoms with E-state index in [1.54, 1.807) is 4.68 Å². The number of amides is 3. The van der Waals surface area contributed by atoms with Crippen LogP contribution in [0.2, 0.25) is 0 Å². The highest BCUT2D eigenvalue weighted by atomic mass is 32.1. The molecule has 7 aromatic rings. The highest BCUT2D eigenvalue weighted by Gasteiger charge is 2.33. The number of nitrogens with zero attached hydrogens (tertiary/aromatic N) is 8. The van der Waals surface area contributed by atoms with Crippen LogP contribution in [0.1, 0.15) is 128 Å². The molecule has 7 heterocycles. The van der Waals surface area contributed by atoms with Gasteiger partial charge in [-0.2, -0.15) is 5.10 Å². The number of esters is 1. The summed E-state index contributed by atoms with van der Waals surface area (Å²) in [7, 11) is 1.86. The average Bonchev–Trinajstić information content (AvgIpc) is 4.03. The molecule has 4 aliphatic rings. The van der Waals surface area contributed by atoms with Gasteiger partial charge in [0.1, 0.15) is 23.0 Å². The Hall–Kier alpha value is -7.24. The predicted molar refractivity (Wildman–Crippen MR) is 301 cm³/mol. The van der Waals surface area contributed by atoms with E-state index in [1.807, 2.05) is 101 Å². The van der Waals surface area contributed by atoms with Gasteiger partial charge in [0.2, 0.25) is 11.8 Å². The molecular formula is C60H68N10O6S. The normalized spacial score (nSPS) is 19.3. The molecule has 3 amide bonds. The second kappa shape index (κ2) is 22.0. The molecule has 11 rings (SSSR count). The van der Waals surface area contributed by atoms with Crippen LogP contribution >= 0.6 is 11.3 Å². The number of piperidine rings is 1. The molecule has 1 unspecified atom stereocenters. The lowest BCUT2D eigenvalue weighted by atomic mass is 9.84. The minimum absolute atomic E-state index is 0.167. The van der Waals surface area contributed by atoms with E-state index in [0.717, 1.165) is 113 Å². The van der Waals surface area contributed by atoms with Crippen LogP contribution in [-0.4, -0.2) is 104 Å². The minimum Gasteiger partial charge on any atom is -0.490 e. The van der Waals surface area contributed by atoms with Crippen molar-refractivity contribution in [2.75, 3.05) is 54.4 Å². The number of benzene rings is 3. The summed E-state index contributed by atoms with van der Waals surface area (Å²) in [4.78, 5) is 73.8. The Bertz CT molecular complexity index is 3330. The van der Waals surface area contributed by atoms with E-state index >= 15 is 0 Å². The number of carbonyl (C=O) groups is 4. The first kappa shape index (κ1) is 51.8. The lowest BCUT2D eigenvalue weighted by Gasteiger charge is -2.35. The molecule has 17 heteroatoms. The number of nitrogens with one attached hydrogen (secondary N) is 2. The number of imide groups is 1. The summed E-state index contributed by atoms with van der Waals surface area (Å²) in [5, 5.41) is 11.6. The van der Waals surface area contributed by atoms with Crippen LogP contribution in [0.25, 0.3) is 32.4 Å². The molecule has 0 bridgehead atoms. The molecular weight excluding hydrogens is 989 g/mol. The number of ether oxygens (including phenoxy) is 2. The van der Waals surface area contributed by atoms with Crippen LogP contribution < -0.4 is 25.2 Å². The molecule has 3 aromatic carbocycles. The van der Waals surface area contributed by atoms with Gasteiger partial charge in [-0.25, -0.2) is 19.7 Å². The fraction of sp³-hybridized carbons (Fsp3) is 0.433. The number of rotatable bonds is 14. The Morgan fingerprint density at radius 1 is 0.805 bits per heavy atom. The molecule has 0 spiro atoms. The molecule has 77 heavy (non-hydrogen) atoms. The van der Waals surface area contributed by atoms with Gasteiger partial charge < -0.3 is 19.3 Å². The number of aryl methyl sites for hydroxylation is 2. The topological polar surface area (TPSA) is 177 Å². The standard InChI is InChI=1S/C60H68N10O6S/c1-37-35-41(75-40-18-16-38(17-19-40)11-8-9-29-68-31-33-69(34-32-68)51-26-23-45-53(66-67(5)55(45)63-51)46-24-27-52(71)64-57(46)73)20-21-42(37)43-22-25-50(62-54(43)58(74)76-60(2,3)4)70-30-28-39-12-10-13-44(47(39)36-70)56(72)65-59-61-48-14-6-7-15-49(48)77-59/h6-7,10,12-15,20-23,25-26,35,38,40,46H,8-9,11,16-19,24,27-34,36H2,1-5H3,(H,61,65,72)(H,64,71,73). The smallest absolute Gasteiger partial charge is 0.358 e. The Morgan fingerprint density at radius 2 is 1.58 bits per heavy atom. The lowest BCUT2D eigenvalue weighted by Crippen LogP contribution is -2.46. The maximum absolute atomic E-state index is 14.0. The van der Waals surface area contributed by atoms with E-state index in [0.29, 0.717) is 53.7 Å². The zero-order valence-corrected chi connectivity index (χ0v) is 45.6. The number of hydrogen-bond acceptors (Lipinski definition) is 14. The van der Waals surface area contributed by atoms with E-state index < -0.39 is 17.5 Å². The average molecular weight is 1060 g/mol. The zero-order valence-electron chi connectivity index (χ0n) is 44.8. The summed E-state index contributed by atoms with van der Waals surface area (Å²) in [6, 6.07) is 27.9. The summed E-state index contributed by atoms with van der Waals surface area (Å²) in [5.74, 6) is 1.48. The largest absolute Gasteiger partial charge is 0.490 e. The van der Waals surface area contributed by atoms with Crippen molar-refractivity contribution in [3.05, 3.63) is 119 Å². The van der Waals surface area contributed by atoms with Crippen molar-refractivity contribution >= 4 is 73.0 Å². The van der Waals surface area contributed by atoms with Crippen molar-refractivity contribution in [2.24, 2.45) is 13.0 Å². The van der Waals surface area contributed by atoms with Crippen LogP contribution in [-0.2, 0) is 34.3 Å². The maximum Gasteiger partial charge on any atom is 0.358 e. The van der Waals surface area contributed by atoms with Gasteiger partial charge in [-0.05, 0) is 162 Å². The van der Waals surface area contributed by atoms with Crippen molar-refractivity contribution in [1.82, 2.24) is 34.9 Å². The summed E-state index contributed by atoms with van der Waals surface area (Å²) in [6.45, 7) is 13.7. The second-order valence-electron chi connectivity index (χ2n) is 22.2. The summed E-state index contributed by atoms with van der Waals surface area (Å²) >= 11 is 1.45. The van der Waals surface area contributed by atoms with E-state index in [1.165, 1.54) is 43.4 Å². The molecule has 1 saturated carbocycles. The third kappa shape index (κ3) is 11.6. The van der Waals surface area contributed by atoms with Crippen molar-refractivity contribution < 1.29 is 28.7 Å². The lowest BCUT2D eigenvalue weighted by molar-refractivity contribution is -0.134. The quantitative estimate of drug-likeness (QED) is 0.0598. The number of piperazine rings is 1. The first-order valence-corrected chi connectivity index (χ1v) is 28.2. The zero-order chi connectivity index (χ0) is 53.4.